The molecule has 0 saturated heterocycles. The predicted molar refractivity (Wildman–Crippen MR) is 136 cm³/mol. The first-order valence-electron chi connectivity index (χ1n) is 12.7. The zero-order valence-corrected chi connectivity index (χ0v) is 21.4. The Labute approximate surface area is 218 Å². The van der Waals surface area contributed by atoms with Crippen LogP contribution in [-0.2, 0) is 16.6 Å². The van der Waals surface area contributed by atoms with Gasteiger partial charge in [-0.2, -0.15) is 5.10 Å². The lowest BCUT2D eigenvalue weighted by molar-refractivity contribution is -0.117. The average Bonchev–Trinajstić information content (AvgIpc) is 3.28. The second-order valence-corrected chi connectivity index (χ2v) is 10.7. The summed E-state index contributed by atoms with van der Waals surface area (Å²) in [7, 11) is 0. The van der Waals surface area contributed by atoms with Crippen LogP contribution in [0.15, 0.2) is 48.9 Å². The molecule has 192 valence electrons. The topological polar surface area (TPSA) is 94.4 Å². The van der Waals surface area contributed by atoms with E-state index in [9.17, 15) is 13.6 Å². The molecule has 0 radical (unpaired) electrons. The molecule has 0 unspecified atom stereocenters. The van der Waals surface area contributed by atoms with E-state index in [0.29, 0.717) is 30.1 Å². The quantitative estimate of drug-likeness (QED) is 0.342. The molecule has 0 spiro atoms. The molecule has 7 nitrogen and oxygen atoms in total. The van der Waals surface area contributed by atoms with Crippen molar-refractivity contribution in [3.8, 4) is 22.6 Å². The van der Waals surface area contributed by atoms with E-state index in [4.69, 9.17) is 4.98 Å². The Balaban J connectivity index is 1.41. The van der Waals surface area contributed by atoms with Crippen molar-refractivity contribution in [3.05, 3.63) is 83.3 Å². The number of carbonyl (C=O) groups excluding carboxylic acids is 1. The molecule has 3 heterocycles. The molecule has 0 aliphatic heterocycles. The van der Waals surface area contributed by atoms with Gasteiger partial charge in [-0.15, -0.1) is 5.10 Å². The van der Waals surface area contributed by atoms with Gasteiger partial charge in [0.05, 0.1) is 33.6 Å². The molecule has 1 fully saturated rings. The summed E-state index contributed by atoms with van der Waals surface area (Å²) in [6.45, 7) is 5.95. The van der Waals surface area contributed by atoms with Gasteiger partial charge in [-0.05, 0) is 60.9 Å². The zero-order chi connectivity index (χ0) is 26.7. The number of hydrogen-bond donors (Lipinski definition) is 0. The molecule has 4 aromatic rings. The first-order chi connectivity index (χ1) is 18.2. The molecule has 1 aromatic carbocycles. The summed E-state index contributed by atoms with van der Waals surface area (Å²) < 4.78 is 29.1. The first kappa shape index (κ1) is 24.3. The van der Waals surface area contributed by atoms with Crippen molar-refractivity contribution in [3.63, 3.8) is 0 Å². The number of aromatic nitrogens is 6. The molecule has 2 atom stereocenters. The highest BCUT2D eigenvalue weighted by Gasteiger charge is 2.65. The lowest BCUT2D eigenvalue weighted by atomic mass is 9.66. The Morgan fingerprint density at radius 1 is 1.05 bits per heavy atom. The summed E-state index contributed by atoms with van der Waals surface area (Å²) in [5.41, 5.74) is 2.54. The van der Waals surface area contributed by atoms with Crippen molar-refractivity contribution in [1.82, 2.24) is 30.1 Å². The third-order valence-electron chi connectivity index (χ3n) is 8.36. The van der Waals surface area contributed by atoms with Crippen molar-refractivity contribution in [1.29, 1.82) is 0 Å². The van der Waals surface area contributed by atoms with Crippen LogP contribution in [0.4, 0.5) is 8.78 Å². The predicted octanol–water partition coefficient (Wildman–Crippen LogP) is 5.39. The van der Waals surface area contributed by atoms with E-state index < -0.39 is 17.0 Å². The molecule has 2 aliphatic rings. The fourth-order valence-corrected chi connectivity index (χ4v) is 6.38. The van der Waals surface area contributed by atoms with Crippen LogP contribution in [0.3, 0.4) is 0 Å². The van der Waals surface area contributed by atoms with Gasteiger partial charge < -0.3 is 4.79 Å². The van der Waals surface area contributed by atoms with Crippen LogP contribution in [0.1, 0.15) is 68.7 Å². The number of Topliss-reactive ketones (excluding diaryl/α,β-unsaturated/α-hetero) is 1. The van der Waals surface area contributed by atoms with Crippen molar-refractivity contribution < 1.29 is 13.6 Å². The second kappa shape index (κ2) is 8.79. The minimum absolute atomic E-state index is 0.0940. The number of benzene rings is 1. The largest absolute Gasteiger partial charge is 0.300 e. The second-order valence-electron chi connectivity index (χ2n) is 10.7. The minimum Gasteiger partial charge on any atom is -0.300 e. The molecule has 0 amide bonds. The fourth-order valence-electron chi connectivity index (χ4n) is 6.38. The highest BCUT2D eigenvalue weighted by atomic mass is 19.1. The Hall–Kier alpha value is -4.01. The number of rotatable bonds is 6. The van der Waals surface area contributed by atoms with Crippen LogP contribution >= 0.6 is 0 Å². The number of carbonyl (C=O) groups is 1. The molecule has 1 saturated carbocycles. The highest BCUT2D eigenvalue weighted by Crippen LogP contribution is 2.69. The number of fused-ring (bicyclic) bond motifs is 5. The Bertz CT molecular complexity index is 1550. The molecule has 0 N–H and O–H groups in total. The van der Waals surface area contributed by atoms with Gasteiger partial charge in [0.2, 0.25) is 0 Å². The molecular weight excluding hydrogens is 486 g/mol. The Morgan fingerprint density at radius 2 is 1.79 bits per heavy atom. The van der Waals surface area contributed by atoms with Gasteiger partial charge in [0, 0.05) is 31.4 Å². The van der Waals surface area contributed by atoms with Gasteiger partial charge in [-0.25, -0.2) is 28.7 Å². The molecule has 2 bridgehead atoms. The molecule has 2 aliphatic carbocycles. The van der Waals surface area contributed by atoms with Crippen molar-refractivity contribution in [2.45, 2.75) is 57.8 Å². The normalized spacial score (nSPS) is 20.9. The van der Waals surface area contributed by atoms with E-state index in [2.05, 4.69) is 39.0 Å². The summed E-state index contributed by atoms with van der Waals surface area (Å²) in [6, 6.07) is 7.51. The number of halogens is 2. The van der Waals surface area contributed by atoms with Gasteiger partial charge in [0.1, 0.15) is 23.2 Å². The third kappa shape index (κ3) is 3.55. The maximum atomic E-state index is 14.5. The zero-order valence-electron chi connectivity index (χ0n) is 21.4. The van der Waals surface area contributed by atoms with Crippen LogP contribution in [0.5, 0.6) is 0 Å². The van der Waals surface area contributed by atoms with Gasteiger partial charge in [0.25, 0.3) is 0 Å². The molecule has 38 heavy (non-hydrogen) atoms. The maximum Gasteiger partial charge on any atom is 0.162 e. The van der Waals surface area contributed by atoms with E-state index in [1.54, 1.807) is 31.6 Å². The smallest absolute Gasteiger partial charge is 0.162 e. The van der Waals surface area contributed by atoms with Crippen LogP contribution in [0.25, 0.3) is 22.6 Å². The lowest BCUT2D eigenvalue weighted by Gasteiger charge is -2.37. The van der Waals surface area contributed by atoms with Crippen LogP contribution in [0.2, 0.25) is 0 Å². The average molecular weight is 513 g/mol. The van der Waals surface area contributed by atoms with Crippen molar-refractivity contribution >= 4 is 5.78 Å². The van der Waals surface area contributed by atoms with Crippen LogP contribution in [-0.4, -0.2) is 35.9 Å². The fraction of sp³-hybridized carbons (Fsp3) is 0.345. The lowest BCUT2D eigenvalue weighted by Crippen LogP contribution is -2.38. The number of ketones is 1. The van der Waals surface area contributed by atoms with Gasteiger partial charge in [-0.1, -0.05) is 19.9 Å². The molecular formula is C29H26F2N6O. The van der Waals surface area contributed by atoms with Gasteiger partial charge in [-0.3, -0.25) is 0 Å². The van der Waals surface area contributed by atoms with E-state index in [1.165, 1.54) is 18.2 Å². The highest BCUT2D eigenvalue weighted by molar-refractivity contribution is 5.75. The van der Waals surface area contributed by atoms with Crippen LogP contribution in [0, 0.1) is 17.0 Å². The minimum atomic E-state index is -0.661. The SMILES string of the molecule is CC(=O)CCc1ncc(-c2nccc([C@@]34CC[C@@H](c5cc(-c6c(F)cccc6F)nnc53)C4(C)C)n2)cn1. The summed E-state index contributed by atoms with van der Waals surface area (Å²) in [4.78, 5) is 29.5. The first-order valence-corrected chi connectivity index (χ1v) is 12.7. The van der Waals surface area contributed by atoms with E-state index in [0.717, 1.165) is 29.8 Å². The van der Waals surface area contributed by atoms with E-state index in [-0.39, 0.29) is 28.4 Å². The number of nitrogens with zero attached hydrogens (tertiary/aromatic N) is 6. The number of hydrogen-bond acceptors (Lipinski definition) is 7. The Morgan fingerprint density at radius 3 is 2.50 bits per heavy atom. The summed E-state index contributed by atoms with van der Waals surface area (Å²) in [5.74, 6) is 0.0133. The summed E-state index contributed by atoms with van der Waals surface area (Å²) in [5, 5.41) is 8.90. The summed E-state index contributed by atoms with van der Waals surface area (Å²) in [6.07, 6.45) is 7.71. The molecule has 9 heteroatoms. The third-order valence-corrected chi connectivity index (χ3v) is 8.36. The molecule has 6 rings (SSSR count). The van der Waals surface area contributed by atoms with Gasteiger partial charge in [0.15, 0.2) is 5.82 Å². The molecule has 3 aromatic heterocycles. The van der Waals surface area contributed by atoms with Crippen molar-refractivity contribution in [2.24, 2.45) is 5.41 Å². The van der Waals surface area contributed by atoms with Crippen LogP contribution < -0.4 is 0 Å². The maximum absolute atomic E-state index is 14.5. The monoisotopic (exact) mass is 512 g/mol. The Kier molecular flexibility index (Phi) is 5.63. The van der Waals surface area contributed by atoms with Gasteiger partial charge >= 0.3 is 0 Å². The van der Waals surface area contributed by atoms with E-state index >= 15 is 0 Å². The van der Waals surface area contributed by atoms with E-state index in [1.807, 2.05) is 6.07 Å². The number of aryl methyl sites for hydroxylation is 1. The standard InChI is InChI=1S/C29H26F2N6O/c1-16(38)7-8-24-33-14-17(15-34-24)27-32-12-10-23(35-27)29-11-9-19(28(29,2)3)18-13-22(36-37-26(18)29)25-20(30)5-4-6-21(25)31/h4-6,10,12-15,19H,7-9,11H2,1-3H3/t19-,29-/m0/s1. The van der Waals surface area contributed by atoms with Crippen molar-refractivity contribution in [2.75, 3.05) is 0 Å². The summed E-state index contributed by atoms with van der Waals surface area (Å²) >= 11 is 0.